The number of H-pyrrole nitrogens is 1. The molecule has 2 aromatic carbocycles. The maximum atomic E-state index is 12.7. The van der Waals surface area contributed by atoms with Gasteiger partial charge in [-0.1, -0.05) is 18.2 Å². The molecule has 0 spiro atoms. The minimum absolute atomic E-state index is 0.121. The lowest BCUT2D eigenvalue weighted by atomic mass is 9.96. The second-order valence-corrected chi connectivity index (χ2v) is 8.63. The van der Waals surface area contributed by atoms with Gasteiger partial charge in [0.05, 0.1) is 4.90 Å². The first kappa shape index (κ1) is 15.7. The molecule has 2 heterocycles. The van der Waals surface area contributed by atoms with Crippen molar-refractivity contribution in [1.82, 2.24) is 9.71 Å². The maximum absolute atomic E-state index is 12.7. The molecule has 0 unspecified atom stereocenters. The van der Waals surface area contributed by atoms with E-state index in [0.29, 0.717) is 18.0 Å². The number of hydrogen-bond donors (Lipinski definition) is 2. The molecule has 7 heteroatoms. The molecule has 5 rings (SSSR count). The van der Waals surface area contributed by atoms with Crippen LogP contribution < -0.4 is 14.2 Å². The Morgan fingerprint density at radius 2 is 1.88 bits per heavy atom. The summed E-state index contributed by atoms with van der Waals surface area (Å²) in [5.41, 5.74) is 2.12. The monoisotopic (exact) mass is 370 g/mol. The summed E-state index contributed by atoms with van der Waals surface area (Å²) >= 11 is 0. The van der Waals surface area contributed by atoms with Gasteiger partial charge in [0.2, 0.25) is 16.8 Å². The Morgan fingerprint density at radius 3 is 2.73 bits per heavy atom. The Bertz CT molecular complexity index is 1100. The molecule has 1 fully saturated rings. The summed E-state index contributed by atoms with van der Waals surface area (Å²) in [6.07, 6.45) is 3.95. The summed E-state index contributed by atoms with van der Waals surface area (Å²) in [7, 11) is -3.62. The zero-order valence-electron chi connectivity index (χ0n) is 14.0. The van der Waals surface area contributed by atoms with Crippen molar-refractivity contribution in [3.63, 3.8) is 0 Å². The first-order valence-electron chi connectivity index (χ1n) is 8.53. The lowest BCUT2D eigenvalue weighted by Gasteiger charge is -2.16. The van der Waals surface area contributed by atoms with E-state index in [1.807, 2.05) is 24.4 Å². The van der Waals surface area contributed by atoms with Crippen LogP contribution in [0.25, 0.3) is 10.9 Å². The highest BCUT2D eigenvalue weighted by Crippen LogP contribution is 2.50. The van der Waals surface area contributed by atoms with E-state index < -0.39 is 10.0 Å². The number of aromatic nitrogens is 1. The van der Waals surface area contributed by atoms with E-state index in [0.717, 1.165) is 23.7 Å². The summed E-state index contributed by atoms with van der Waals surface area (Å²) < 4.78 is 38.8. The second-order valence-electron chi connectivity index (χ2n) is 6.87. The van der Waals surface area contributed by atoms with Crippen LogP contribution in [0, 0.1) is 0 Å². The largest absolute Gasteiger partial charge is 0.454 e. The Morgan fingerprint density at radius 1 is 1.08 bits per heavy atom. The number of sulfonamides is 1. The number of rotatable bonds is 5. The summed E-state index contributed by atoms with van der Waals surface area (Å²) in [5, 5.41) is 1.16. The average Bonchev–Trinajstić information content (AvgIpc) is 3.09. The molecule has 1 aliphatic heterocycles. The molecule has 0 radical (unpaired) electrons. The summed E-state index contributed by atoms with van der Waals surface area (Å²) in [6.45, 7) is 0.502. The van der Waals surface area contributed by atoms with Crippen LogP contribution in [0.15, 0.2) is 53.6 Å². The van der Waals surface area contributed by atoms with Crippen LogP contribution in [-0.4, -0.2) is 26.7 Å². The smallest absolute Gasteiger partial charge is 0.240 e. The molecule has 1 aromatic heterocycles. The molecule has 0 atom stereocenters. The normalized spacial score (nSPS) is 17.5. The van der Waals surface area contributed by atoms with Crippen molar-refractivity contribution in [2.45, 2.75) is 23.2 Å². The van der Waals surface area contributed by atoms with Crippen LogP contribution in [0.1, 0.15) is 18.4 Å². The van der Waals surface area contributed by atoms with Crippen LogP contribution >= 0.6 is 0 Å². The number of para-hydroxylation sites is 1. The van der Waals surface area contributed by atoms with Crippen LogP contribution in [0.2, 0.25) is 0 Å². The van der Waals surface area contributed by atoms with Gasteiger partial charge >= 0.3 is 0 Å². The number of aromatic amines is 1. The number of hydrogen-bond acceptors (Lipinski definition) is 4. The molecule has 1 saturated carbocycles. The zero-order valence-corrected chi connectivity index (χ0v) is 14.8. The fourth-order valence-electron chi connectivity index (χ4n) is 3.56. The minimum Gasteiger partial charge on any atom is -0.454 e. The highest BCUT2D eigenvalue weighted by molar-refractivity contribution is 7.89. The molecular formula is C19H18N2O4S. The van der Waals surface area contributed by atoms with Gasteiger partial charge in [-0.3, -0.25) is 0 Å². The van der Waals surface area contributed by atoms with E-state index in [1.165, 1.54) is 11.6 Å². The topological polar surface area (TPSA) is 80.4 Å². The van der Waals surface area contributed by atoms with E-state index in [9.17, 15) is 8.42 Å². The molecular weight excluding hydrogens is 352 g/mol. The van der Waals surface area contributed by atoms with Gasteiger partial charge in [-0.2, -0.15) is 0 Å². The number of benzene rings is 2. The molecule has 0 bridgehead atoms. The predicted molar refractivity (Wildman–Crippen MR) is 97.0 cm³/mol. The standard InChI is InChI=1S/C19H18N2O4S/c22-26(23,13-5-6-17-18(9-13)25-12-24-17)21-11-19(7-8-19)15-10-20-16-4-2-1-3-14(15)16/h1-6,9-10,20-21H,7-8,11-12H2. The third-order valence-electron chi connectivity index (χ3n) is 5.27. The van der Waals surface area contributed by atoms with Gasteiger partial charge in [0.25, 0.3) is 0 Å². The zero-order chi connectivity index (χ0) is 17.8. The van der Waals surface area contributed by atoms with Crippen molar-refractivity contribution >= 4 is 20.9 Å². The molecule has 3 aromatic rings. The van der Waals surface area contributed by atoms with Crippen molar-refractivity contribution in [3.05, 3.63) is 54.2 Å². The van der Waals surface area contributed by atoms with Gasteiger partial charge in [-0.15, -0.1) is 0 Å². The first-order valence-corrected chi connectivity index (χ1v) is 10.0. The minimum atomic E-state index is -3.62. The highest BCUT2D eigenvalue weighted by atomic mass is 32.2. The first-order chi connectivity index (χ1) is 12.6. The second kappa shape index (κ2) is 5.49. The van der Waals surface area contributed by atoms with Gasteiger partial charge in [0, 0.05) is 35.1 Å². The van der Waals surface area contributed by atoms with E-state index in [4.69, 9.17) is 9.47 Å². The van der Waals surface area contributed by atoms with E-state index in [2.05, 4.69) is 15.8 Å². The van der Waals surface area contributed by atoms with Crippen molar-refractivity contribution in [2.75, 3.05) is 13.3 Å². The highest BCUT2D eigenvalue weighted by Gasteiger charge is 2.46. The molecule has 1 aliphatic carbocycles. The van der Waals surface area contributed by atoms with Gasteiger partial charge < -0.3 is 14.5 Å². The average molecular weight is 370 g/mol. The predicted octanol–water partition coefficient (Wildman–Crippen LogP) is 2.91. The van der Waals surface area contributed by atoms with E-state index in [1.54, 1.807) is 12.1 Å². The van der Waals surface area contributed by atoms with Crippen LogP contribution in [0.3, 0.4) is 0 Å². The molecule has 26 heavy (non-hydrogen) atoms. The van der Waals surface area contributed by atoms with E-state index in [-0.39, 0.29) is 17.1 Å². The molecule has 0 amide bonds. The van der Waals surface area contributed by atoms with Gasteiger partial charge in [-0.05, 0) is 36.6 Å². The van der Waals surface area contributed by atoms with Crippen molar-refractivity contribution in [2.24, 2.45) is 0 Å². The quantitative estimate of drug-likeness (QED) is 0.724. The third-order valence-corrected chi connectivity index (χ3v) is 6.67. The number of nitrogens with one attached hydrogen (secondary N) is 2. The lowest BCUT2D eigenvalue weighted by molar-refractivity contribution is 0.174. The Balaban J connectivity index is 1.40. The summed E-state index contributed by atoms with van der Waals surface area (Å²) in [6, 6.07) is 12.8. The molecule has 2 aliphatic rings. The van der Waals surface area contributed by atoms with E-state index >= 15 is 0 Å². The Kier molecular flexibility index (Phi) is 3.32. The number of fused-ring (bicyclic) bond motifs is 2. The lowest BCUT2D eigenvalue weighted by Crippen LogP contribution is -2.32. The fourth-order valence-corrected chi connectivity index (χ4v) is 4.71. The van der Waals surface area contributed by atoms with Gasteiger partial charge in [0.1, 0.15) is 0 Å². The Labute approximate surface area is 151 Å². The summed E-state index contributed by atoms with van der Waals surface area (Å²) in [4.78, 5) is 3.47. The Hall–Kier alpha value is -2.51. The van der Waals surface area contributed by atoms with Gasteiger partial charge in [0.15, 0.2) is 11.5 Å². The number of ether oxygens (including phenoxy) is 2. The molecule has 2 N–H and O–H groups in total. The van der Waals surface area contributed by atoms with Crippen LogP contribution in [0.5, 0.6) is 11.5 Å². The molecule has 6 nitrogen and oxygen atoms in total. The van der Waals surface area contributed by atoms with Crippen molar-refractivity contribution < 1.29 is 17.9 Å². The summed E-state index contributed by atoms with van der Waals surface area (Å²) in [5.74, 6) is 1.03. The molecule has 0 saturated heterocycles. The van der Waals surface area contributed by atoms with Crippen molar-refractivity contribution in [3.8, 4) is 11.5 Å². The fraction of sp³-hybridized carbons (Fsp3) is 0.263. The van der Waals surface area contributed by atoms with Crippen molar-refractivity contribution in [1.29, 1.82) is 0 Å². The van der Waals surface area contributed by atoms with Crippen LogP contribution in [-0.2, 0) is 15.4 Å². The SMILES string of the molecule is O=S(=O)(NCC1(c2c[nH]c3ccccc23)CC1)c1ccc2c(c1)OCO2. The maximum Gasteiger partial charge on any atom is 0.240 e. The van der Waals surface area contributed by atoms with Crippen LogP contribution in [0.4, 0.5) is 0 Å². The molecule has 134 valence electrons. The third kappa shape index (κ3) is 2.47. The van der Waals surface area contributed by atoms with Gasteiger partial charge in [-0.25, -0.2) is 13.1 Å².